The van der Waals surface area contributed by atoms with Gasteiger partial charge >= 0.3 is 0 Å². The lowest BCUT2D eigenvalue weighted by Gasteiger charge is -2.23. The van der Waals surface area contributed by atoms with Crippen LogP contribution in [-0.4, -0.2) is 12.1 Å². The van der Waals surface area contributed by atoms with Crippen molar-refractivity contribution in [3.05, 3.63) is 23.7 Å². The van der Waals surface area contributed by atoms with E-state index in [1.807, 2.05) is 6.07 Å². The normalized spacial score (nSPS) is 12.3. The summed E-state index contributed by atoms with van der Waals surface area (Å²) in [5.41, 5.74) is 1.08. The monoisotopic (exact) mass is 253 g/mol. The topological polar surface area (TPSA) is 34.4 Å². The fourth-order valence-corrected chi connectivity index (χ4v) is 1.50. The molecule has 0 radical (unpaired) electrons. The molecule has 0 aromatic carbocycles. The molecule has 0 spiro atoms. The minimum atomic E-state index is -0.0695. The van der Waals surface area contributed by atoms with Gasteiger partial charge in [0.2, 0.25) is 0 Å². The maximum absolute atomic E-state index is 5.90. The van der Waals surface area contributed by atoms with Crippen molar-refractivity contribution in [1.29, 1.82) is 0 Å². The zero-order valence-corrected chi connectivity index (χ0v) is 12.4. The summed E-state index contributed by atoms with van der Waals surface area (Å²) in [5.74, 6) is 1.64. The van der Waals surface area contributed by atoms with E-state index in [4.69, 9.17) is 9.15 Å². The quantitative estimate of drug-likeness (QED) is 0.766. The molecule has 0 aliphatic heterocycles. The highest BCUT2D eigenvalue weighted by molar-refractivity contribution is 5.16. The molecule has 0 bridgehead atoms. The molecular formula is C15H27NO2. The van der Waals surface area contributed by atoms with Crippen LogP contribution in [0.4, 0.5) is 0 Å². The number of rotatable bonds is 8. The first-order valence-corrected chi connectivity index (χ1v) is 6.84. The molecule has 0 aliphatic rings. The van der Waals surface area contributed by atoms with Gasteiger partial charge in [-0.05, 0) is 38.8 Å². The smallest absolute Gasteiger partial charge is 0.123 e. The summed E-state index contributed by atoms with van der Waals surface area (Å²) in [6.07, 6.45) is 2.75. The van der Waals surface area contributed by atoms with E-state index in [0.29, 0.717) is 12.5 Å². The average Bonchev–Trinajstić information content (AvgIpc) is 2.74. The lowest BCUT2D eigenvalue weighted by molar-refractivity contribution is -0.0321. The molecule has 1 N–H and O–H groups in total. The van der Waals surface area contributed by atoms with Crippen LogP contribution in [0.25, 0.3) is 0 Å². The van der Waals surface area contributed by atoms with Gasteiger partial charge in [-0.2, -0.15) is 0 Å². The molecule has 3 heteroatoms. The van der Waals surface area contributed by atoms with Crippen LogP contribution in [0.3, 0.4) is 0 Å². The molecule has 0 saturated heterocycles. The molecule has 18 heavy (non-hydrogen) atoms. The van der Waals surface area contributed by atoms with Crippen molar-refractivity contribution in [1.82, 2.24) is 5.32 Å². The Labute approximate surface area is 111 Å². The molecule has 1 aromatic rings. The van der Waals surface area contributed by atoms with Crippen molar-refractivity contribution in [3.63, 3.8) is 0 Å². The molecule has 0 aliphatic carbocycles. The first-order valence-electron chi connectivity index (χ1n) is 6.84. The zero-order chi connectivity index (χ0) is 13.6. The maximum Gasteiger partial charge on any atom is 0.123 e. The molecule has 1 rings (SSSR count). The standard InChI is InChI=1S/C15H27NO2/c1-6-15(4,5)18-11-13-7-8-17-14(13)10-16-9-12(2)3/h7-8,12,16H,6,9-11H2,1-5H3. The lowest BCUT2D eigenvalue weighted by atomic mass is 10.1. The Morgan fingerprint density at radius 2 is 2.11 bits per heavy atom. The van der Waals surface area contributed by atoms with Crippen LogP contribution in [0.1, 0.15) is 52.4 Å². The molecule has 0 saturated carbocycles. The predicted molar refractivity (Wildman–Crippen MR) is 74.4 cm³/mol. The number of furan rings is 1. The maximum atomic E-state index is 5.90. The first-order chi connectivity index (χ1) is 8.44. The van der Waals surface area contributed by atoms with Crippen LogP contribution in [-0.2, 0) is 17.9 Å². The van der Waals surface area contributed by atoms with E-state index in [0.717, 1.165) is 30.8 Å². The third-order valence-corrected chi connectivity index (χ3v) is 3.15. The first kappa shape index (κ1) is 15.3. The fourth-order valence-electron chi connectivity index (χ4n) is 1.50. The molecule has 3 nitrogen and oxygen atoms in total. The zero-order valence-electron chi connectivity index (χ0n) is 12.4. The third kappa shape index (κ3) is 5.23. The minimum Gasteiger partial charge on any atom is -0.468 e. The van der Waals surface area contributed by atoms with Crippen molar-refractivity contribution < 1.29 is 9.15 Å². The molecule has 104 valence electrons. The number of hydrogen-bond acceptors (Lipinski definition) is 3. The molecule has 0 atom stereocenters. The van der Waals surface area contributed by atoms with Crippen LogP contribution >= 0.6 is 0 Å². The minimum absolute atomic E-state index is 0.0695. The number of ether oxygens (including phenoxy) is 1. The van der Waals surface area contributed by atoms with Gasteiger partial charge in [0.25, 0.3) is 0 Å². The summed E-state index contributed by atoms with van der Waals surface area (Å²) in [7, 11) is 0. The van der Waals surface area contributed by atoms with Crippen LogP contribution in [0, 0.1) is 5.92 Å². The van der Waals surface area contributed by atoms with E-state index in [1.54, 1.807) is 6.26 Å². The van der Waals surface area contributed by atoms with Crippen LogP contribution < -0.4 is 5.32 Å². The SMILES string of the molecule is CCC(C)(C)OCc1ccoc1CNCC(C)C. The second-order valence-electron chi connectivity index (χ2n) is 5.80. The van der Waals surface area contributed by atoms with Gasteiger partial charge in [-0.1, -0.05) is 20.8 Å². The molecule has 0 unspecified atom stereocenters. The molecule has 1 heterocycles. The summed E-state index contributed by atoms with van der Waals surface area (Å²) in [6, 6.07) is 2.00. The summed E-state index contributed by atoms with van der Waals surface area (Å²) in [5, 5.41) is 3.39. The van der Waals surface area contributed by atoms with Crippen molar-refractivity contribution in [2.24, 2.45) is 5.92 Å². The van der Waals surface area contributed by atoms with Crippen molar-refractivity contribution in [2.75, 3.05) is 6.54 Å². The van der Waals surface area contributed by atoms with Crippen molar-refractivity contribution >= 4 is 0 Å². The van der Waals surface area contributed by atoms with Crippen LogP contribution in [0.2, 0.25) is 0 Å². The predicted octanol–water partition coefficient (Wildman–Crippen LogP) is 3.73. The number of nitrogens with one attached hydrogen (secondary N) is 1. The van der Waals surface area contributed by atoms with Gasteiger partial charge < -0.3 is 14.5 Å². The van der Waals surface area contributed by atoms with Gasteiger partial charge in [0.15, 0.2) is 0 Å². The Morgan fingerprint density at radius 3 is 2.72 bits per heavy atom. The van der Waals surface area contributed by atoms with Gasteiger partial charge in [0, 0.05) is 5.56 Å². The highest BCUT2D eigenvalue weighted by Gasteiger charge is 2.17. The van der Waals surface area contributed by atoms with Gasteiger partial charge in [0.1, 0.15) is 5.76 Å². The second-order valence-corrected chi connectivity index (χ2v) is 5.80. The van der Waals surface area contributed by atoms with E-state index >= 15 is 0 Å². The van der Waals surface area contributed by atoms with Crippen LogP contribution in [0.5, 0.6) is 0 Å². The highest BCUT2D eigenvalue weighted by atomic mass is 16.5. The Kier molecular flexibility index (Phi) is 5.89. The van der Waals surface area contributed by atoms with Gasteiger partial charge in [-0.3, -0.25) is 0 Å². The van der Waals surface area contributed by atoms with E-state index in [1.165, 1.54) is 0 Å². The molecule has 0 amide bonds. The average molecular weight is 253 g/mol. The van der Waals surface area contributed by atoms with E-state index in [9.17, 15) is 0 Å². The van der Waals surface area contributed by atoms with E-state index in [-0.39, 0.29) is 5.60 Å². The van der Waals surface area contributed by atoms with Gasteiger partial charge in [-0.25, -0.2) is 0 Å². The van der Waals surface area contributed by atoms with Crippen molar-refractivity contribution in [3.8, 4) is 0 Å². The lowest BCUT2D eigenvalue weighted by Crippen LogP contribution is -2.23. The summed E-state index contributed by atoms with van der Waals surface area (Å²) >= 11 is 0. The fraction of sp³-hybridized carbons (Fsp3) is 0.733. The van der Waals surface area contributed by atoms with Crippen molar-refractivity contribution in [2.45, 2.75) is 59.8 Å². The summed E-state index contributed by atoms with van der Waals surface area (Å²) in [4.78, 5) is 0. The Morgan fingerprint density at radius 1 is 1.39 bits per heavy atom. The van der Waals surface area contributed by atoms with Gasteiger partial charge in [0.05, 0.1) is 25.0 Å². The van der Waals surface area contributed by atoms with E-state index < -0.39 is 0 Å². The molecular weight excluding hydrogens is 226 g/mol. The summed E-state index contributed by atoms with van der Waals surface area (Å²) in [6.45, 7) is 13.2. The largest absolute Gasteiger partial charge is 0.468 e. The molecule has 0 fully saturated rings. The van der Waals surface area contributed by atoms with E-state index in [2.05, 4.69) is 39.9 Å². The third-order valence-electron chi connectivity index (χ3n) is 3.15. The Hall–Kier alpha value is -0.800. The Balaban J connectivity index is 2.44. The Bertz CT molecular complexity index is 342. The highest BCUT2D eigenvalue weighted by Crippen LogP contribution is 2.19. The summed E-state index contributed by atoms with van der Waals surface area (Å²) < 4.78 is 11.4. The van der Waals surface area contributed by atoms with Gasteiger partial charge in [-0.15, -0.1) is 0 Å². The van der Waals surface area contributed by atoms with Crippen LogP contribution in [0.15, 0.2) is 16.7 Å². The second kappa shape index (κ2) is 6.95. The molecule has 1 aromatic heterocycles. The number of hydrogen-bond donors (Lipinski definition) is 1.